The topological polar surface area (TPSA) is 63.8 Å². The Morgan fingerprint density at radius 1 is 1.35 bits per heavy atom. The van der Waals surface area contributed by atoms with Crippen molar-refractivity contribution in [2.45, 2.75) is 6.54 Å². The average molecular weight is 314 g/mol. The van der Waals surface area contributed by atoms with Gasteiger partial charge in [0.1, 0.15) is 5.02 Å². The summed E-state index contributed by atoms with van der Waals surface area (Å²) in [7, 11) is 0. The van der Waals surface area contributed by atoms with Gasteiger partial charge >= 0.3 is 0 Å². The van der Waals surface area contributed by atoms with Gasteiger partial charge in [-0.05, 0) is 11.6 Å². The van der Waals surface area contributed by atoms with E-state index in [0.717, 1.165) is 10.0 Å². The molecule has 1 aromatic heterocycles. The van der Waals surface area contributed by atoms with Crippen LogP contribution in [0.25, 0.3) is 0 Å². The molecule has 2 rings (SSSR count). The van der Waals surface area contributed by atoms with E-state index in [1.807, 2.05) is 24.3 Å². The summed E-state index contributed by atoms with van der Waals surface area (Å²) < 4.78 is 1.03. The fraction of sp³-hybridized carbons (Fsp3) is 0.0909. The van der Waals surface area contributed by atoms with E-state index in [1.54, 1.807) is 0 Å². The molecule has 0 aliphatic carbocycles. The molecule has 0 atom stereocenters. The van der Waals surface area contributed by atoms with Crippen molar-refractivity contribution in [2.24, 2.45) is 0 Å². The number of nitrogens with one attached hydrogen (secondary N) is 1. The minimum atomic E-state index is 0.198. The van der Waals surface area contributed by atoms with E-state index in [-0.39, 0.29) is 5.95 Å². The molecule has 0 radical (unpaired) electrons. The zero-order chi connectivity index (χ0) is 12.3. The van der Waals surface area contributed by atoms with E-state index in [4.69, 9.17) is 17.3 Å². The molecule has 0 fully saturated rings. The van der Waals surface area contributed by atoms with Crippen LogP contribution in [0.3, 0.4) is 0 Å². The van der Waals surface area contributed by atoms with Crippen molar-refractivity contribution in [3.8, 4) is 0 Å². The first-order chi connectivity index (χ1) is 8.16. The number of benzene rings is 1. The molecular formula is C11H10BrClN4. The van der Waals surface area contributed by atoms with Crippen molar-refractivity contribution in [3.63, 3.8) is 0 Å². The van der Waals surface area contributed by atoms with Crippen molar-refractivity contribution < 1.29 is 0 Å². The molecule has 17 heavy (non-hydrogen) atoms. The maximum absolute atomic E-state index is 5.95. The van der Waals surface area contributed by atoms with Crippen LogP contribution in [0, 0.1) is 0 Å². The second-order valence-electron chi connectivity index (χ2n) is 3.37. The van der Waals surface area contributed by atoms with Gasteiger partial charge in [-0.1, -0.05) is 45.7 Å². The fourth-order valence-corrected chi connectivity index (χ4v) is 1.91. The van der Waals surface area contributed by atoms with Gasteiger partial charge in [-0.3, -0.25) is 0 Å². The third kappa shape index (κ3) is 3.08. The highest BCUT2D eigenvalue weighted by Crippen LogP contribution is 2.21. The molecule has 0 aliphatic rings. The fourth-order valence-electron chi connectivity index (χ4n) is 1.33. The van der Waals surface area contributed by atoms with E-state index >= 15 is 0 Å². The first-order valence-electron chi connectivity index (χ1n) is 4.92. The van der Waals surface area contributed by atoms with E-state index in [9.17, 15) is 0 Å². The van der Waals surface area contributed by atoms with Crippen LogP contribution in [-0.2, 0) is 6.54 Å². The third-order valence-corrected chi connectivity index (χ3v) is 3.22. The van der Waals surface area contributed by atoms with Crippen LogP contribution in [0.4, 0.5) is 11.8 Å². The number of hydrogen-bond donors (Lipinski definition) is 2. The Morgan fingerprint density at radius 3 is 2.88 bits per heavy atom. The molecular weight excluding hydrogens is 304 g/mol. The largest absolute Gasteiger partial charge is 0.368 e. The lowest BCUT2D eigenvalue weighted by atomic mass is 10.2. The van der Waals surface area contributed by atoms with E-state index < -0.39 is 0 Å². The molecule has 0 saturated heterocycles. The Kier molecular flexibility index (Phi) is 3.81. The molecule has 0 aliphatic heterocycles. The van der Waals surface area contributed by atoms with Crippen LogP contribution in [0.5, 0.6) is 0 Å². The average Bonchev–Trinajstić information content (AvgIpc) is 2.32. The Bertz CT molecular complexity index is 533. The van der Waals surface area contributed by atoms with Gasteiger partial charge < -0.3 is 11.1 Å². The second-order valence-corrected chi connectivity index (χ2v) is 4.63. The number of aromatic nitrogens is 2. The molecule has 0 spiro atoms. The number of halogens is 2. The quantitative estimate of drug-likeness (QED) is 0.914. The molecule has 0 amide bonds. The van der Waals surface area contributed by atoms with Crippen LogP contribution in [0.15, 0.2) is 34.9 Å². The van der Waals surface area contributed by atoms with Crippen LogP contribution >= 0.6 is 27.5 Å². The van der Waals surface area contributed by atoms with Gasteiger partial charge in [-0.25, -0.2) is 4.98 Å². The SMILES string of the molecule is Nc1ncc(Cl)c(NCc2ccccc2Br)n1. The summed E-state index contributed by atoms with van der Waals surface area (Å²) in [6.07, 6.45) is 1.48. The first-order valence-corrected chi connectivity index (χ1v) is 6.09. The van der Waals surface area contributed by atoms with Crippen molar-refractivity contribution in [2.75, 3.05) is 11.1 Å². The summed E-state index contributed by atoms with van der Waals surface area (Å²) in [5.74, 6) is 0.735. The molecule has 0 unspecified atom stereocenters. The Balaban J connectivity index is 2.12. The zero-order valence-corrected chi connectivity index (χ0v) is 11.2. The minimum Gasteiger partial charge on any atom is -0.368 e. The van der Waals surface area contributed by atoms with Gasteiger partial charge in [0.2, 0.25) is 5.95 Å². The Hall–Kier alpha value is -1.33. The van der Waals surface area contributed by atoms with Crippen LogP contribution in [0.1, 0.15) is 5.56 Å². The third-order valence-electron chi connectivity index (χ3n) is 2.17. The Labute approximate surface area is 112 Å². The number of rotatable bonds is 3. The molecule has 1 aromatic carbocycles. The van der Waals surface area contributed by atoms with E-state index in [2.05, 4.69) is 31.2 Å². The normalized spacial score (nSPS) is 10.2. The van der Waals surface area contributed by atoms with Crippen LogP contribution < -0.4 is 11.1 Å². The first kappa shape index (κ1) is 12.1. The second kappa shape index (κ2) is 5.33. The van der Waals surface area contributed by atoms with Gasteiger partial charge in [0.25, 0.3) is 0 Å². The van der Waals surface area contributed by atoms with Crippen LogP contribution in [0.2, 0.25) is 5.02 Å². The highest BCUT2D eigenvalue weighted by molar-refractivity contribution is 9.10. The maximum atomic E-state index is 5.95. The molecule has 88 valence electrons. The van der Waals surface area contributed by atoms with Crippen LogP contribution in [-0.4, -0.2) is 9.97 Å². The number of nitrogens with zero attached hydrogens (tertiary/aromatic N) is 2. The summed E-state index contributed by atoms with van der Waals surface area (Å²) in [4.78, 5) is 7.82. The standard InChI is InChI=1S/C11H10BrClN4/c12-8-4-2-1-3-7(8)5-15-10-9(13)6-16-11(14)17-10/h1-4,6H,5H2,(H3,14,15,16,17). The molecule has 6 heteroatoms. The maximum Gasteiger partial charge on any atom is 0.222 e. The Morgan fingerprint density at radius 2 is 2.12 bits per heavy atom. The van der Waals surface area contributed by atoms with Crippen molar-refractivity contribution in [1.82, 2.24) is 9.97 Å². The predicted octanol–water partition coefficient (Wildman–Crippen LogP) is 3.09. The molecule has 1 heterocycles. The summed E-state index contributed by atoms with van der Waals surface area (Å²) >= 11 is 9.42. The van der Waals surface area contributed by atoms with Gasteiger partial charge in [0.15, 0.2) is 5.82 Å². The zero-order valence-electron chi connectivity index (χ0n) is 8.82. The lowest BCUT2D eigenvalue weighted by molar-refractivity contribution is 1.08. The summed E-state index contributed by atoms with van der Waals surface area (Å²) in [6, 6.07) is 7.92. The molecule has 2 aromatic rings. The minimum absolute atomic E-state index is 0.198. The summed E-state index contributed by atoms with van der Waals surface area (Å²) in [5, 5.41) is 3.57. The number of nitrogen functional groups attached to an aromatic ring is 1. The van der Waals surface area contributed by atoms with E-state index in [0.29, 0.717) is 17.4 Å². The van der Waals surface area contributed by atoms with Crippen molar-refractivity contribution in [1.29, 1.82) is 0 Å². The molecule has 0 saturated carbocycles. The smallest absolute Gasteiger partial charge is 0.222 e. The van der Waals surface area contributed by atoms with Gasteiger partial charge in [0.05, 0.1) is 6.20 Å². The van der Waals surface area contributed by atoms with Crippen molar-refractivity contribution >= 4 is 39.3 Å². The van der Waals surface area contributed by atoms with Gasteiger partial charge in [-0.15, -0.1) is 0 Å². The number of hydrogen-bond acceptors (Lipinski definition) is 4. The highest BCUT2D eigenvalue weighted by atomic mass is 79.9. The van der Waals surface area contributed by atoms with Gasteiger partial charge in [-0.2, -0.15) is 4.98 Å². The molecule has 4 nitrogen and oxygen atoms in total. The van der Waals surface area contributed by atoms with Gasteiger partial charge in [0, 0.05) is 11.0 Å². The summed E-state index contributed by atoms with van der Waals surface area (Å²) in [6.45, 7) is 0.609. The molecule has 3 N–H and O–H groups in total. The monoisotopic (exact) mass is 312 g/mol. The number of nitrogens with two attached hydrogens (primary N) is 1. The lowest BCUT2D eigenvalue weighted by Crippen LogP contribution is -2.05. The summed E-state index contributed by atoms with van der Waals surface area (Å²) in [5.41, 5.74) is 6.61. The predicted molar refractivity (Wildman–Crippen MR) is 72.9 cm³/mol. The lowest BCUT2D eigenvalue weighted by Gasteiger charge is -2.08. The van der Waals surface area contributed by atoms with E-state index in [1.165, 1.54) is 6.20 Å². The number of anilines is 2. The molecule has 0 bridgehead atoms. The highest BCUT2D eigenvalue weighted by Gasteiger charge is 2.04. The van der Waals surface area contributed by atoms with Crippen molar-refractivity contribution in [3.05, 3.63) is 45.5 Å².